The Morgan fingerprint density at radius 3 is 2.36 bits per heavy atom. The molecule has 1 aliphatic carbocycles. The quantitative estimate of drug-likeness (QED) is 0.517. The summed E-state index contributed by atoms with van der Waals surface area (Å²) in [5, 5.41) is 0.699. The molecule has 0 radical (unpaired) electrons. The van der Waals surface area contributed by atoms with Crippen molar-refractivity contribution in [2.45, 2.75) is 33.6 Å². The number of carbonyl (C=O) groups is 1. The zero-order valence-electron chi connectivity index (χ0n) is 16.5. The number of benzene rings is 2. The lowest BCUT2D eigenvalue weighted by Gasteiger charge is -2.30. The highest BCUT2D eigenvalue weighted by Crippen LogP contribution is 2.40. The van der Waals surface area contributed by atoms with E-state index in [1.165, 1.54) is 0 Å². The van der Waals surface area contributed by atoms with E-state index in [9.17, 15) is 4.79 Å². The van der Waals surface area contributed by atoms with Crippen LogP contribution < -0.4 is 4.74 Å². The molecule has 1 aromatic heterocycles. The van der Waals surface area contributed by atoms with Crippen molar-refractivity contribution in [2.75, 3.05) is 6.61 Å². The first-order valence-corrected chi connectivity index (χ1v) is 10.0. The molecule has 3 aromatic rings. The van der Waals surface area contributed by atoms with Gasteiger partial charge in [0.1, 0.15) is 5.75 Å². The van der Waals surface area contributed by atoms with Gasteiger partial charge in [0.2, 0.25) is 0 Å². The number of fused-ring (bicyclic) bond motifs is 1. The van der Waals surface area contributed by atoms with Crippen LogP contribution in [-0.4, -0.2) is 17.0 Å². The number of halogens is 1. The van der Waals surface area contributed by atoms with Gasteiger partial charge in [-0.15, -0.1) is 0 Å². The lowest BCUT2D eigenvalue weighted by Crippen LogP contribution is -2.27. The van der Waals surface area contributed by atoms with Crippen molar-refractivity contribution in [3.8, 4) is 22.7 Å². The van der Waals surface area contributed by atoms with Gasteiger partial charge in [0.05, 0.1) is 12.3 Å². The third kappa shape index (κ3) is 3.47. The highest BCUT2D eigenvalue weighted by Gasteiger charge is 2.35. The largest absolute Gasteiger partial charge is 0.494 e. The molecule has 1 heterocycles. The summed E-state index contributed by atoms with van der Waals surface area (Å²) in [5.41, 5.74) is 4.94. The van der Waals surface area contributed by atoms with Gasteiger partial charge in [-0.05, 0) is 66.8 Å². The number of aromatic nitrogens is 1. The Balaban J connectivity index is 1.91. The predicted octanol–water partition coefficient (Wildman–Crippen LogP) is 6.35. The number of ketones is 1. The van der Waals surface area contributed by atoms with E-state index in [-0.39, 0.29) is 11.2 Å². The molecule has 0 amide bonds. The lowest BCUT2D eigenvalue weighted by atomic mass is 9.76. The fourth-order valence-electron chi connectivity index (χ4n) is 4.00. The van der Waals surface area contributed by atoms with E-state index >= 15 is 0 Å². The molecule has 0 saturated heterocycles. The van der Waals surface area contributed by atoms with Crippen LogP contribution in [0.25, 0.3) is 16.9 Å². The van der Waals surface area contributed by atoms with Gasteiger partial charge in [0.15, 0.2) is 5.78 Å². The van der Waals surface area contributed by atoms with E-state index in [0.717, 1.165) is 40.4 Å². The molecule has 0 atom stereocenters. The summed E-state index contributed by atoms with van der Waals surface area (Å²) in [4.78, 5) is 12.9. The van der Waals surface area contributed by atoms with Crippen LogP contribution in [0.2, 0.25) is 5.02 Å². The van der Waals surface area contributed by atoms with Crippen molar-refractivity contribution in [2.24, 2.45) is 5.41 Å². The Hall–Kier alpha value is -2.52. The Bertz CT molecular complexity index is 1010. The smallest absolute Gasteiger partial charge is 0.165 e. The third-order valence-electron chi connectivity index (χ3n) is 5.23. The topological polar surface area (TPSA) is 31.2 Å². The molecule has 4 rings (SSSR count). The van der Waals surface area contributed by atoms with Crippen molar-refractivity contribution < 1.29 is 9.53 Å². The van der Waals surface area contributed by atoms with Crippen LogP contribution in [0.15, 0.2) is 54.6 Å². The van der Waals surface area contributed by atoms with E-state index in [2.05, 4.69) is 30.5 Å². The third-order valence-corrected chi connectivity index (χ3v) is 5.49. The van der Waals surface area contributed by atoms with E-state index in [0.29, 0.717) is 18.1 Å². The first kappa shape index (κ1) is 18.8. The first-order valence-electron chi connectivity index (χ1n) is 9.65. The van der Waals surface area contributed by atoms with Crippen molar-refractivity contribution >= 4 is 17.4 Å². The summed E-state index contributed by atoms with van der Waals surface area (Å²) < 4.78 is 7.81. The van der Waals surface area contributed by atoms with Gasteiger partial charge in [-0.25, -0.2) is 0 Å². The van der Waals surface area contributed by atoms with Gasteiger partial charge < -0.3 is 9.30 Å². The predicted molar refractivity (Wildman–Crippen MR) is 114 cm³/mol. The van der Waals surface area contributed by atoms with Crippen molar-refractivity contribution in [3.05, 3.63) is 70.9 Å². The first-order chi connectivity index (χ1) is 13.4. The highest BCUT2D eigenvalue weighted by atomic mass is 35.5. The molecule has 0 saturated carbocycles. The summed E-state index contributed by atoms with van der Waals surface area (Å²) >= 11 is 6.09. The minimum atomic E-state index is -0.0529. The van der Waals surface area contributed by atoms with Gasteiger partial charge in [-0.3, -0.25) is 4.79 Å². The average Bonchev–Trinajstić information content (AvgIpc) is 3.02. The molecule has 2 aromatic carbocycles. The van der Waals surface area contributed by atoms with Gasteiger partial charge in [-0.2, -0.15) is 0 Å². The molecule has 3 nitrogen and oxygen atoms in total. The fraction of sp³-hybridized carbons (Fsp3) is 0.292. The maximum absolute atomic E-state index is 12.9. The molecular weight excluding hydrogens is 370 g/mol. The second-order valence-electron chi connectivity index (χ2n) is 8.10. The molecule has 0 N–H and O–H groups in total. The maximum atomic E-state index is 12.9. The second-order valence-corrected chi connectivity index (χ2v) is 8.54. The van der Waals surface area contributed by atoms with Gasteiger partial charge in [-0.1, -0.05) is 37.6 Å². The molecule has 0 spiro atoms. The van der Waals surface area contributed by atoms with Crippen LogP contribution >= 0.6 is 11.6 Å². The highest BCUT2D eigenvalue weighted by molar-refractivity contribution is 6.30. The van der Waals surface area contributed by atoms with Crippen LogP contribution in [0.3, 0.4) is 0 Å². The summed E-state index contributed by atoms with van der Waals surface area (Å²) in [7, 11) is 0. The van der Waals surface area contributed by atoms with E-state index < -0.39 is 0 Å². The molecule has 1 aliphatic rings. The van der Waals surface area contributed by atoms with Crippen LogP contribution in [0.5, 0.6) is 5.75 Å². The normalized spacial score (nSPS) is 15.4. The molecule has 0 fully saturated rings. The van der Waals surface area contributed by atoms with E-state index in [1.807, 2.05) is 49.4 Å². The van der Waals surface area contributed by atoms with E-state index in [4.69, 9.17) is 16.3 Å². The number of ether oxygens (including phenoxy) is 1. The summed E-state index contributed by atoms with van der Waals surface area (Å²) in [6.45, 7) is 6.93. The molecule has 0 aliphatic heterocycles. The van der Waals surface area contributed by atoms with Crippen LogP contribution in [0.4, 0.5) is 0 Å². The summed E-state index contributed by atoms with van der Waals surface area (Å²) in [6.07, 6.45) is 1.43. The zero-order valence-corrected chi connectivity index (χ0v) is 17.2. The average molecular weight is 394 g/mol. The standard InChI is InChI=1S/C24H24ClNO2/c1-4-28-19-11-9-18(10-12-19)26-21(16-5-7-17(25)8-6-16)13-20-22(26)14-24(2,3)15-23(20)27/h5-13H,4,14-15H2,1-3H3. The summed E-state index contributed by atoms with van der Waals surface area (Å²) in [5.74, 6) is 1.06. The van der Waals surface area contributed by atoms with Gasteiger partial charge in [0, 0.05) is 28.4 Å². The number of nitrogens with zero attached hydrogens (tertiary/aromatic N) is 1. The number of rotatable bonds is 4. The SMILES string of the molecule is CCOc1ccc(-n2c(-c3ccc(Cl)cc3)cc3c2CC(C)(C)CC3=O)cc1. The van der Waals surface area contributed by atoms with Crippen molar-refractivity contribution in [3.63, 3.8) is 0 Å². The molecule has 144 valence electrons. The van der Waals surface area contributed by atoms with Crippen molar-refractivity contribution in [1.82, 2.24) is 4.57 Å². The fourth-order valence-corrected chi connectivity index (χ4v) is 4.12. The Morgan fingerprint density at radius 2 is 1.71 bits per heavy atom. The lowest BCUT2D eigenvalue weighted by molar-refractivity contribution is 0.0911. The second kappa shape index (κ2) is 7.14. The molecule has 28 heavy (non-hydrogen) atoms. The maximum Gasteiger partial charge on any atom is 0.165 e. The molecular formula is C24H24ClNO2. The van der Waals surface area contributed by atoms with Crippen LogP contribution in [0.1, 0.15) is 43.2 Å². The van der Waals surface area contributed by atoms with E-state index in [1.54, 1.807) is 0 Å². The number of carbonyl (C=O) groups excluding carboxylic acids is 1. The molecule has 4 heteroatoms. The Kier molecular flexibility index (Phi) is 4.80. The Labute approximate surface area is 170 Å². The molecule has 0 bridgehead atoms. The van der Waals surface area contributed by atoms with Crippen LogP contribution in [0, 0.1) is 5.41 Å². The minimum absolute atomic E-state index is 0.0529. The Morgan fingerprint density at radius 1 is 1.04 bits per heavy atom. The minimum Gasteiger partial charge on any atom is -0.494 e. The monoisotopic (exact) mass is 393 g/mol. The van der Waals surface area contributed by atoms with Gasteiger partial charge >= 0.3 is 0 Å². The number of Topliss-reactive ketones (excluding diaryl/α,β-unsaturated/α-hetero) is 1. The summed E-state index contributed by atoms with van der Waals surface area (Å²) in [6, 6.07) is 17.9. The number of hydrogen-bond acceptors (Lipinski definition) is 2. The zero-order chi connectivity index (χ0) is 19.9. The molecule has 0 unspecified atom stereocenters. The number of hydrogen-bond donors (Lipinski definition) is 0. The van der Waals surface area contributed by atoms with Gasteiger partial charge in [0.25, 0.3) is 0 Å². The van der Waals surface area contributed by atoms with Crippen molar-refractivity contribution in [1.29, 1.82) is 0 Å². The van der Waals surface area contributed by atoms with Crippen LogP contribution in [-0.2, 0) is 6.42 Å².